The van der Waals surface area contributed by atoms with E-state index in [1.165, 1.54) is 0 Å². The van der Waals surface area contributed by atoms with Crippen LogP contribution in [0.25, 0.3) is 16.8 Å². The quantitative estimate of drug-likeness (QED) is 0.616. The van der Waals surface area contributed by atoms with Gasteiger partial charge in [0.05, 0.1) is 24.4 Å². The van der Waals surface area contributed by atoms with E-state index in [1.807, 2.05) is 36.1 Å². The molecule has 3 aromatic rings. The Kier molecular flexibility index (Phi) is 4.92. The number of hydrogen-bond acceptors (Lipinski definition) is 6. The van der Waals surface area contributed by atoms with E-state index >= 15 is 0 Å². The van der Waals surface area contributed by atoms with Gasteiger partial charge in [-0.05, 0) is 25.0 Å². The van der Waals surface area contributed by atoms with Crippen molar-refractivity contribution in [1.82, 2.24) is 24.7 Å². The van der Waals surface area contributed by atoms with Gasteiger partial charge in [-0.3, -0.25) is 9.48 Å². The highest BCUT2D eigenvalue weighted by molar-refractivity contribution is 5.93. The van der Waals surface area contributed by atoms with Crippen LogP contribution in [0.2, 0.25) is 0 Å². The van der Waals surface area contributed by atoms with Crippen molar-refractivity contribution in [3.8, 4) is 17.0 Å². The van der Waals surface area contributed by atoms with Gasteiger partial charge in [-0.25, -0.2) is 4.52 Å². The Morgan fingerprint density at radius 1 is 1.33 bits per heavy atom. The lowest BCUT2D eigenvalue weighted by Gasteiger charge is -2.17. The molecule has 0 aromatic carbocycles. The van der Waals surface area contributed by atoms with Crippen LogP contribution in [0.15, 0.2) is 30.6 Å². The van der Waals surface area contributed by atoms with Crippen LogP contribution < -0.4 is 15.4 Å². The molecule has 2 aliphatic rings. The Morgan fingerprint density at radius 2 is 2.20 bits per heavy atom. The van der Waals surface area contributed by atoms with Crippen LogP contribution in [-0.4, -0.2) is 58.2 Å². The van der Waals surface area contributed by atoms with Crippen LogP contribution in [0.3, 0.4) is 0 Å². The molecule has 5 rings (SSSR count). The lowest BCUT2D eigenvalue weighted by atomic mass is 10.1. The fraction of sp³-hybridized carbons (Fsp3) is 0.476. The van der Waals surface area contributed by atoms with E-state index in [0.29, 0.717) is 18.3 Å². The van der Waals surface area contributed by atoms with Crippen molar-refractivity contribution in [2.24, 2.45) is 18.9 Å². The third-order valence-electron chi connectivity index (χ3n) is 5.87. The van der Waals surface area contributed by atoms with Gasteiger partial charge in [-0.15, -0.1) is 0 Å². The zero-order valence-electron chi connectivity index (χ0n) is 17.2. The van der Waals surface area contributed by atoms with Gasteiger partial charge in [0.1, 0.15) is 5.69 Å². The second-order valence-electron chi connectivity index (χ2n) is 8.06. The van der Waals surface area contributed by atoms with E-state index < -0.39 is 0 Å². The molecule has 0 unspecified atom stereocenters. The summed E-state index contributed by atoms with van der Waals surface area (Å²) < 4.78 is 15.2. The van der Waals surface area contributed by atoms with Gasteiger partial charge in [0.2, 0.25) is 5.91 Å². The number of aryl methyl sites for hydroxylation is 1. The summed E-state index contributed by atoms with van der Waals surface area (Å²) in [6.45, 7) is 2.30. The zero-order valence-corrected chi connectivity index (χ0v) is 17.2. The molecule has 1 amide bonds. The number of carbonyl (C=O) groups is 1. The van der Waals surface area contributed by atoms with Crippen molar-refractivity contribution in [2.45, 2.75) is 18.9 Å². The number of pyridine rings is 1. The second kappa shape index (κ2) is 7.73. The van der Waals surface area contributed by atoms with Crippen molar-refractivity contribution in [2.75, 3.05) is 32.1 Å². The minimum Gasteiger partial charge on any atom is -0.489 e. The molecule has 1 saturated carbocycles. The van der Waals surface area contributed by atoms with E-state index in [4.69, 9.17) is 9.47 Å². The maximum atomic E-state index is 12.0. The summed E-state index contributed by atoms with van der Waals surface area (Å²) in [6.07, 6.45) is 5.73. The number of amides is 1. The average molecular weight is 410 g/mol. The minimum absolute atomic E-state index is 0.0525. The molecule has 4 heterocycles. The summed E-state index contributed by atoms with van der Waals surface area (Å²) in [5.41, 5.74) is 2.78. The Balaban J connectivity index is 1.36. The molecule has 2 atom stereocenters. The lowest BCUT2D eigenvalue weighted by Crippen LogP contribution is -2.26. The Labute approximate surface area is 174 Å². The highest BCUT2D eigenvalue weighted by Gasteiger charge is 2.30. The van der Waals surface area contributed by atoms with Crippen LogP contribution in [0, 0.1) is 11.8 Å². The van der Waals surface area contributed by atoms with Gasteiger partial charge in [-0.1, -0.05) is 0 Å². The van der Waals surface area contributed by atoms with Gasteiger partial charge in [-0.2, -0.15) is 10.2 Å². The van der Waals surface area contributed by atoms with Crippen molar-refractivity contribution < 1.29 is 14.3 Å². The summed E-state index contributed by atoms with van der Waals surface area (Å²) in [7, 11) is 3.64. The highest BCUT2D eigenvalue weighted by Crippen LogP contribution is 2.32. The van der Waals surface area contributed by atoms with Gasteiger partial charge in [0.25, 0.3) is 0 Å². The normalized spacial score (nSPS) is 21.3. The predicted octanol–water partition coefficient (Wildman–Crippen LogP) is 1.70. The summed E-state index contributed by atoms with van der Waals surface area (Å²) in [5.74, 6) is 1.82. The highest BCUT2D eigenvalue weighted by atomic mass is 16.5. The first-order chi connectivity index (χ1) is 14.6. The fourth-order valence-corrected chi connectivity index (χ4v) is 3.98. The summed E-state index contributed by atoms with van der Waals surface area (Å²) in [4.78, 5) is 12.0. The maximum Gasteiger partial charge on any atom is 0.228 e. The number of nitrogens with zero attached hydrogens (tertiary/aromatic N) is 4. The zero-order chi connectivity index (χ0) is 20.7. The first-order valence-corrected chi connectivity index (χ1v) is 10.3. The average Bonchev–Trinajstić information content (AvgIpc) is 3.20. The molecule has 1 aliphatic carbocycles. The number of carbonyl (C=O) groups excluding carboxylic acids is 1. The number of ether oxygens (including phenoxy) is 2. The maximum absolute atomic E-state index is 12.0. The third kappa shape index (κ3) is 3.66. The number of anilines is 1. The molecule has 1 saturated heterocycles. The third-order valence-corrected chi connectivity index (χ3v) is 5.87. The van der Waals surface area contributed by atoms with Gasteiger partial charge in [0.15, 0.2) is 11.6 Å². The number of methoxy groups -OCH3 is 1. The van der Waals surface area contributed by atoms with E-state index in [9.17, 15) is 4.79 Å². The van der Waals surface area contributed by atoms with E-state index in [2.05, 4.69) is 20.8 Å². The van der Waals surface area contributed by atoms with Crippen molar-refractivity contribution in [3.63, 3.8) is 0 Å². The Bertz CT molecular complexity index is 1070. The summed E-state index contributed by atoms with van der Waals surface area (Å²) in [6, 6.07) is 5.89. The Hall–Kier alpha value is -2.91. The van der Waals surface area contributed by atoms with Crippen molar-refractivity contribution in [1.29, 1.82) is 0 Å². The first kappa shape index (κ1) is 19.1. The number of nitrogens with one attached hydrogen (secondary N) is 2. The van der Waals surface area contributed by atoms with Gasteiger partial charge in [0, 0.05) is 56.9 Å². The number of hydrogen-bond donors (Lipinski definition) is 2. The van der Waals surface area contributed by atoms with Gasteiger partial charge >= 0.3 is 0 Å². The predicted molar refractivity (Wildman–Crippen MR) is 111 cm³/mol. The largest absolute Gasteiger partial charge is 0.489 e. The molecule has 9 nitrogen and oxygen atoms in total. The minimum atomic E-state index is 0.0525. The first-order valence-electron chi connectivity index (χ1n) is 10.3. The monoisotopic (exact) mass is 410 g/mol. The van der Waals surface area contributed by atoms with Crippen molar-refractivity contribution in [3.05, 3.63) is 30.6 Å². The molecule has 0 spiro atoms. The molecular formula is C21H26N6O3. The summed E-state index contributed by atoms with van der Waals surface area (Å²) >= 11 is 0. The standard InChI is InChI=1S/C21H26N6O3/c1-26-20(18(11-23-26)30-12-15-9-22-10-17(15)29-2)14-5-6-27-16(7-14)8-19(25-27)24-21(28)13-3-4-13/h5-8,11,13,15,17,22H,3-4,9-10,12H2,1-2H3,(H,24,25,28)/t15-,17+/m0/s1. The molecule has 0 bridgehead atoms. The van der Waals surface area contributed by atoms with E-state index in [1.54, 1.807) is 17.8 Å². The fourth-order valence-electron chi connectivity index (χ4n) is 3.98. The van der Waals surface area contributed by atoms with Crippen LogP contribution in [0.4, 0.5) is 5.82 Å². The van der Waals surface area contributed by atoms with Gasteiger partial charge < -0.3 is 20.1 Å². The molecule has 9 heteroatoms. The Morgan fingerprint density at radius 3 is 3.00 bits per heavy atom. The van der Waals surface area contributed by atoms with Crippen LogP contribution in [0.5, 0.6) is 5.75 Å². The van der Waals surface area contributed by atoms with Crippen LogP contribution in [0.1, 0.15) is 12.8 Å². The van der Waals surface area contributed by atoms with Crippen LogP contribution in [-0.2, 0) is 16.6 Å². The van der Waals surface area contributed by atoms with Crippen LogP contribution >= 0.6 is 0 Å². The SMILES string of the molecule is CO[C@@H]1CNC[C@H]1COc1cnn(C)c1-c1ccn2nc(NC(=O)C3CC3)cc2c1. The molecule has 2 fully saturated rings. The molecule has 158 valence electrons. The topological polar surface area (TPSA) is 94.7 Å². The molecule has 30 heavy (non-hydrogen) atoms. The number of rotatable bonds is 7. The molecule has 0 radical (unpaired) electrons. The van der Waals surface area contributed by atoms with Crippen molar-refractivity contribution >= 4 is 17.2 Å². The van der Waals surface area contributed by atoms with E-state index in [-0.39, 0.29) is 17.9 Å². The van der Waals surface area contributed by atoms with E-state index in [0.717, 1.165) is 48.5 Å². The number of aromatic nitrogens is 4. The molecular weight excluding hydrogens is 384 g/mol. The molecule has 2 N–H and O–H groups in total. The summed E-state index contributed by atoms with van der Waals surface area (Å²) in [5, 5.41) is 15.1. The second-order valence-corrected chi connectivity index (χ2v) is 8.06. The lowest BCUT2D eigenvalue weighted by molar-refractivity contribution is -0.117. The smallest absolute Gasteiger partial charge is 0.228 e. The number of fused-ring (bicyclic) bond motifs is 1. The molecule has 3 aromatic heterocycles. The molecule has 1 aliphatic heterocycles.